The molecule has 0 bridgehead atoms. The number of ether oxygens (including phenoxy) is 1. The normalized spacial score (nSPS) is 13.6. The highest BCUT2D eigenvalue weighted by molar-refractivity contribution is 7.80. The molecule has 0 radical (unpaired) electrons. The molecule has 4 nitrogen and oxygen atoms in total. The third-order valence-corrected chi connectivity index (χ3v) is 2.39. The highest BCUT2D eigenvalue weighted by Gasteiger charge is 2.35. The van der Waals surface area contributed by atoms with Crippen molar-refractivity contribution in [2.75, 3.05) is 6.61 Å². The van der Waals surface area contributed by atoms with E-state index in [0.29, 0.717) is 12.8 Å². The molecule has 0 saturated carbocycles. The van der Waals surface area contributed by atoms with Crippen molar-refractivity contribution >= 4 is 17.0 Å². The summed E-state index contributed by atoms with van der Waals surface area (Å²) in [6.07, 6.45) is 0.407. The van der Waals surface area contributed by atoms with Crippen molar-refractivity contribution in [1.82, 2.24) is 0 Å². The van der Waals surface area contributed by atoms with Gasteiger partial charge < -0.3 is 9.29 Å². The van der Waals surface area contributed by atoms with E-state index in [9.17, 15) is 17.8 Å². The standard InChI is InChI=1S/C8H14F2O4S/c1-7(11)14-6-4-2-3-5-8(9,10)15(12)13/h2-6H2,1H3,(H,12,13). The molecule has 0 amide bonds. The van der Waals surface area contributed by atoms with Gasteiger partial charge in [-0.05, 0) is 19.3 Å². The van der Waals surface area contributed by atoms with Crippen LogP contribution in [0.4, 0.5) is 8.78 Å². The van der Waals surface area contributed by atoms with Crippen LogP contribution in [0.2, 0.25) is 0 Å². The molecule has 90 valence electrons. The zero-order valence-electron chi connectivity index (χ0n) is 8.37. The van der Waals surface area contributed by atoms with Crippen molar-refractivity contribution in [3.63, 3.8) is 0 Å². The fourth-order valence-electron chi connectivity index (χ4n) is 0.913. The van der Waals surface area contributed by atoms with Gasteiger partial charge in [0.2, 0.25) is 11.1 Å². The van der Waals surface area contributed by atoms with Crippen LogP contribution in [0.15, 0.2) is 0 Å². The second-order valence-corrected chi connectivity index (χ2v) is 4.13. The summed E-state index contributed by atoms with van der Waals surface area (Å²) >= 11 is -3.11. The first-order chi connectivity index (χ1) is 6.86. The molecule has 0 rings (SSSR count). The Balaban J connectivity index is 3.46. The second-order valence-electron chi connectivity index (χ2n) is 3.04. The molecule has 0 spiro atoms. The summed E-state index contributed by atoms with van der Waals surface area (Å²) in [5, 5.41) is -3.54. The van der Waals surface area contributed by atoms with E-state index in [1.807, 2.05) is 0 Å². The summed E-state index contributed by atoms with van der Waals surface area (Å²) in [6, 6.07) is 0. The molecule has 0 heterocycles. The highest BCUT2D eigenvalue weighted by Crippen LogP contribution is 2.24. The molecule has 1 N–H and O–H groups in total. The number of hydrogen-bond acceptors (Lipinski definition) is 3. The monoisotopic (exact) mass is 244 g/mol. The van der Waals surface area contributed by atoms with Crippen LogP contribution in [0.3, 0.4) is 0 Å². The fourth-order valence-corrected chi connectivity index (χ4v) is 1.23. The maximum absolute atomic E-state index is 12.5. The Hall–Kier alpha value is -0.560. The molecule has 15 heavy (non-hydrogen) atoms. The van der Waals surface area contributed by atoms with E-state index in [-0.39, 0.29) is 13.0 Å². The third-order valence-electron chi connectivity index (χ3n) is 1.67. The average molecular weight is 244 g/mol. The molecular formula is C8H14F2O4S. The van der Waals surface area contributed by atoms with Gasteiger partial charge in [-0.15, -0.1) is 0 Å². The molecule has 0 aromatic carbocycles. The quantitative estimate of drug-likeness (QED) is 0.422. The van der Waals surface area contributed by atoms with E-state index in [1.54, 1.807) is 0 Å². The van der Waals surface area contributed by atoms with E-state index in [1.165, 1.54) is 6.92 Å². The van der Waals surface area contributed by atoms with Gasteiger partial charge in [0.25, 0.3) is 0 Å². The number of halogens is 2. The van der Waals surface area contributed by atoms with Crippen LogP contribution in [-0.4, -0.2) is 26.6 Å². The van der Waals surface area contributed by atoms with Crippen molar-refractivity contribution in [3.8, 4) is 0 Å². The van der Waals surface area contributed by atoms with Crippen LogP contribution in [0.5, 0.6) is 0 Å². The first kappa shape index (κ1) is 14.4. The largest absolute Gasteiger partial charge is 0.466 e. The van der Waals surface area contributed by atoms with E-state index >= 15 is 0 Å². The third kappa shape index (κ3) is 7.38. The zero-order chi connectivity index (χ0) is 11.9. The smallest absolute Gasteiger partial charge is 0.345 e. The number of carbonyl (C=O) groups is 1. The molecule has 0 saturated heterocycles. The lowest BCUT2D eigenvalue weighted by Crippen LogP contribution is -2.22. The minimum atomic E-state index is -3.54. The first-order valence-corrected chi connectivity index (χ1v) is 5.59. The van der Waals surface area contributed by atoms with Gasteiger partial charge in [0.15, 0.2) is 0 Å². The Bertz CT molecular complexity index is 233. The molecule has 0 aromatic rings. The molecule has 0 aliphatic heterocycles. The van der Waals surface area contributed by atoms with Gasteiger partial charge in [0, 0.05) is 13.3 Å². The maximum atomic E-state index is 12.5. The van der Waals surface area contributed by atoms with Crippen LogP contribution in [0.1, 0.15) is 32.6 Å². The zero-order valence-corrected chi connectivity index (χ0v) is 9.19. The molecule has 1 atom stereocenters. The summed E-state index contributed by atoms with van der Waals surface area (Å²) in [6.45, 7) is 1.46. The van der Waals surface area contributed by atoms with Crippen LogP contribution >= 0.6 is 0 Å². The summed E-state index contributed by atoms with van der Waals surface area (Å²) in [7, 11) is 0. The lowest BCUT2D eigenvalue weighted by Gasteiger charge is -2.10. The molecule has 0 aliphatic carbocycles. The summed E-state index contributed by atoms with van der Waals surface area (Å²) in [4.78, 5) is 10.3. The number of hydrogen-bond donors (Lipinski definition) is 1. The second kappa shape index (κ2) is 6.84. The molecular weight excluding hydrogens is 230 g/mol. The SMILES string of the molecule is CC(=O)OCCCCCC(F)(F)S(=O)O. The first-order valence-electron chi connectivity index (χ1n) is 4.48. The minimum absolute atomic E-state index is 0.126. The lowest BCUT2D eigenvalue weighted by atomic mass is 10.2. The number of alkyl halides is 2. The van der Waals surface area contributed by atoms with Gasteiger partial charge in [0.05, 0.1) is 6.61 Å². The summed E-state index contributed by atoms with van der Waals surface area (Å²) in [5.74, 6) is -0.406. The molecule has 0 aliphatic rings. The molecule has 0 fully saturated rings. The predicted molar refractivity (Wildman–Crippen MR) is 50.8 cm³/mol. The van der Waals surface area contributed by atoms with E-state index in [4.69, 9.17) is 4.55 Å². The van der Waals surface area contributed by atoms with Crippen molar-refractivity contribution < 1.29 is 27.1 Å². The van der Waals surface area contributed by atoms with Gasteiger partial charge in [-0.2, -0.15) is 8.78 Å². The fraction of sp³-hybridized carbons (Fsp3) is 0.875. The average Bonchev–Trinajstić information content (AvgIpc) is 2.10. The summed E-state index contributed by atoms with van der Waals surface area (Å²) in [5.41, 5.74) is 0. The van der Waals surface area contributed by atoms with Crippen molar-refractivity contribution in [1.29, 1.82) is 0 Å². The van der Waals surface area contributed by atoms with Gasteiger partial charge in [-0.3, -0.25) is 4.79 Å². The molecule has 0 aromatic heterocycles. The van der Waals surface area contributed by atoms with E-state index < -0.39 is 28.7 Å². The number of rotatable bonds is 7. The van der Waals surface area contributed by atoms with E-state index in [0.717, 1.165) is 0 Å². The Kier molecular flexibility index (Phi) is 6.58. The maximum Gasteiger partial charge on any atom is 0.345 e. The number of esters is 1. The Morgan fingerprint density at radius 1 is 1.40 bits per heavy atom. The van der Waals surface area contributed by atoms with Gasteiger partial charge in [0.1, 0.15) is 0 Å². The van der Waals surface area contributed by atoms with Gasteiger partial charge in [-0.1, -0.05) is 0 Å². The van der Waals surface area contributed by atoms with Crippen LogP contribution < -0.4 is 0 Å². The Morgan fingerprint density at radius 2 is 2.00 bits per heavy atom. The van der Waals surface area contributed by atoms with Crippen LogP contribution in [0, 0.1) is 0 Å². The van der Waals surface area contributed by atoms with E-state index in [2.05, 4.69) is 4.74 Å². The van der Waals surface area contributed by atoms with Gasteiger partial charge in [-0.25, -0.2) is 4.21 Å². The Morgan fingerprint density at radius 3 is 2.47 bits per heavy atom. The lowest BCUT2D eigenvalue weighted by molar-refractivity contribution is -0.141. The van der Waals surface area contributed by atoms with Gasteiger partial charge >= 0.3 is 11.2 Å². The van der Waals surface area contributed by atoms with Crippen molar-refractivity contribution in [2.45, 2.75) is 37.9 Å². The Labute approximate surface area is 89.3 Å². The van der Waals surface area contributed by atoms with Crippen molar-refractivity contribution in [3.05, 3.63) is 0 Å². The van der Waals surface area contributed by atoms with Crippen LogP contribution in [0.25, 0.3) is 0 Å². The topological polar surface area (TPSA) is 63.6 Å². The van der Waals surface area contributed by atoms with Crippen LogP contribution in [-0.2, 0) is 20.6 Å². The number of carbonyl (C=O) groups excluding carboxylic acids is 1. The number of unbranched alkanes of at least 4 members (excludes halogenated alkanes) is 2. The molecule has 7 heteroatoms. The predicted octanol–water partition coefficient (Wildman–Crippen LogP) is 1.92. The van der Waals surface area contributed by atoms with Crippen molar-refractivity contribution in [2.24, 2.45) is 0 Å². The molecule has 1 unspecified atom stereocenters. The highest BCUT2D eigenvalue weighted by atomic mass is 32.2. The minimum Gasteiger partial charge on any atom is -0.466 e. The summed E-state index contributed by atoms with van der Waals surface area (Å²) < 4.78 is 48.0.